The topological polar surface area (TPSA) is 15.3 Å². The first-order chi connectivity index (χ1) is 6.79. The lowest BCUT2D eigenvalue weighted by molar-refractivity contribution is -0.140. The molecule has 0 atom stereocenters. The minimum atomic E-state index is -4.21. The van der Waals surface area contributed by atoms with Crippen LogP contribution in [0.1, 0.15) is 26.7 Å². The van der Waals surface area contributed by atoms with E-state index in [9.17, 15) is 13.2 Å². The highest BCUT2D eigenvalue weighted by atomic mass is 32.1. The average Bonchev–Trinajstić information content (AvgIpc) is 2.81. The number of hydrogen-bond acceptors (Lipinski definition) is 1. The Kier molecular flexibility index (Phi) is 3.81. The number of halogens is 3. The highest BCUT2D eigenvalue weighted by molar-refractivity contribution is 7.80. The zero-order valence-corrected chi connectivity index (χ0v) is 9.58. The van der Waals surface area contributed by atoms with Crippen molar-refractivity contribution in [3.8, 4) is 0 Å². The van der Waals surface area contributed by atoms with Crippen molar-refractivity contribution in [2.24, 2.45) is 0 Å². The summed E-state index contributed by atoms with van der Waals surface area (Å²) in [6.07, 6.45) is -2.21. The first-order valence-electron chi connectivity index (χ1n) is 4.93. The molecule has 0 radical (unpaired) electrons. The number of nitrogens with zero attached hydrogens (tertiary/aromatic N) is 1. The van der Waals surface area contributed by atoms with Gasteiger partial charge in [0.15, 0.2) is 5.11 Å². The molecule has 0 heterocycles. The molecular weight excluding hydrogens is 225 g/mol. The SMILES string of the molecule is CC(C)N(CC(F)(F)F)C(=S)NC1CC1. The van der Waals surface area contributed by atoms with Gasteiger partial charge in [-0.1, -0.05) is 0 Å². The third-order valence-corrected chi connectivity index (χ3v) is 2.49. The van der Waals surface area contributed by atoms with Crippen LogP contribution in [-0.4, -0.2) is 34.8 Å². The van der Waals surface area contributed by atoms with Crippen molar-refractivity contribution in [2.45, 2.75) is 44.9 Å². The molecule has 88 valence electrons. The van der Waals surface area contributed by atoms with Crippen LogP contribution >= 0.6 is 12.2 Å². The molecule has 1 rings (SSSR count). The summed E-state index contributed by atoms with van der Waals surface area (Å²) in [6.45, 7) is 2.42. The summed E-state index contributed by atoms with van der Waals surface area (Å²) in [6, 6.07) is 0.0392. The number of rotatable bonds is 3. The summed E-state index contributed by atoms with van der Waals surface area (Å²) >= 11 is 4.95. The van der Waals surface area contributed by atoms with Crippen molar-refractivity contribution < 1.29 is 13.2 Å². The Morgan fingerprint density at radius 3 is 2.33 bits per heavy atom. The Hall–Kier alpha value is -0.520. The smallest absolute Gasteiger partial charge is 0.360 e. The van der Waals surface area contributed by atoms with Crippen molar-refractivity contribution in [3.63, 3.8) is 0 Å². The highest BCUT2D eigenvalue weighted by Crippen LogP contribution is 2.21. The highest BCUT2D eigenvalue weighted by Gasteiger charge is 2.34. The Balaban J connectivity index is 2.51. The van der Waals surface area contributed by atoms with Gasteiger partial charge in [0.05, 0.1) is 0 Å². The van der Waals surface area contributed by atoms with Crippen molar-refractivity contribution >= 4 is 17.3 Å². The minimum Gasteiger partial charge on any atom is -0.360 e. The summed E-state index contributed by atoms with van der Waals surface area (Å²) in [7, 11) is 0. The van der Waals surface area contributed by atoms with Crippen LogP contribution in [-0.2, 0) is 0 Å². The number of alkyl halides is 3. The van der Waals surface area contributed by atoms with E-state index >= 15 is 0 Å². The molecular formula is C9H15F3N2S. The van der Waals surface area contributed by atoms with Crippen LogP contribution in [0.5, 0.6) is 0 Å². The van der Waals surface area contributed by atoms with Gasteiger partial charge in [-0.3, -0.25) is 0 Å². The molecule has 0 spiro atoms. The largest absolute Gasteiger partial charge is 0.406 e. The third-order valence-electron chi connectivity index (χ3n) is 2.14. The molecule has 1 N–H and O–H groups in total. The molecule has 1 aliphatic carbocycles. The maximum atomic E-state index is 12.3. The standard InChI is InChI=1S/C9H15F3N2S/c1-6(2)14(5-9(10,11)12)8(15)13-7-3-4-7/h6-7H,3-5H2,1-2H3,(H,13,15). The molecule has 15 heavy (non-hydrogen) atoms. The second kappa shape index (κ2) is 4.55. The van der Waals surface area contributed by atoms with Crippen LogP contribution in [0.3, 0.4) is 0 Å². The summed E-state index contributed by atoms with van der Waals surface area (Å²) in [5.41, 5.74) is 0. The lowest BCUT2D eigenvalue weighted by Gasteiger charge is -2.30. The summed E-state index contributed by atoms with van der Waals surface area (Å²) in [5, 5.41) is 3.13. The summed E-state index contributed by atoms with van der Waals surface area (Å²) < 4.78 is 36.8. The molecule has 2 nitrogen and oxygen atoms in total. The monoisotopic (exact) mass is 240 g/mol. The molecule has 0 amide bonds. The second-order valence-electron chi connectivity index (χ2n) is 4.06. The van der Waals surface area contributed by atoms with E-state index in [0.717, 1.165) is 12.8 Å². The van der Waals surface area contributed by atoms with Crippen LogP contribution in [0.25, 0.3) is 0 Å². The average molecular weight is 240 g/mol. The Morgan fingerprint density at radius 2 is 2.00 bits per heavy atom. The van der Waals surface area contributed by atoms with Crippen LogP contribution in [0, 0.1) is 0 Å². The normalized spacial score (nSPS) is 16.7. The van der Waals surface area contributed by atoms with Gasteiger partial charge >= 0.3 is 6.18 Å². The zero-order valence-electron chi connectivity index (χ0n) is 8.77. The van der Waals surface area contributed by atoms with E-state index in [2.05, 4.69) is 5.32 Å². The van der Waals surface area contributed by atoms with Crippen molar-refractivity contribution in [3.05, 3.63) is 0 Å². The Morgan fingerprint density at radius 1 is 1.47 bits per heavy atom. The molecule has 0 saturated heterocycles. The van der Waals surface area contributed by atoms with Crippen LogP contribution < -0.4 is 5.32 Å². The van der Waals surface area contributed by atoms with E-state index in [1.165, 1.54) is 4.90 Å². The van der Waals surface area contributed by atoms with Gasteiger partial charge in [-0.25, -0.2) is 0 Å². The minimum absolute atomic E-state index is 0.213. The molecule has 0 aliphatic heterocycles. The predicted molar refractivity (Wildman–Crippen MR) is 56.7 cm³/mol. The van der Waals surface area contributed by atoms with Gasteiger partial charge in [0.2, 0.25) is 0 Å². The second-order valence-corrected chi connectivity index (χ2v) is 4.45. The molecule has 0 aromatic carbocycles. The van der Waals surface area contributed by atoms with E-state index < -0.39 is 12.7 Å². The predicted octanol–water partition coefficient (Wildman–Crippen LogP) is 2.30. The van der Waals surface area contributed by atoms with E-state index in [0.29, 0.717) is 0 Å². The zero-order chi connectivity index (χ0) is 11.6. The maximum Gasteiger partial charge on any atom is 0.406 e. The van der Waals surface area contributed by atoms with Gasteiger partial charge in [-0.15, -0.1) is 0 Å². The Labute approximate surface area is 92.8 Å². The summed E-state index contributed by atoms with van der Waals surface area (Å²) in [4.78, 5) is 1.17. The molecule has 0 aromatic heterocycles. The molecule has 0 bridgehead atoms. The lowest BCUT2D eigenvalue weighted by atomic mass is 10.3. The van der Waals surface area contributed by atoms with Gasteiger partial charge in [-0.2, -0.15) is 13.2 Å². The quantitative estimate of drug-likeness (QED) is 0.762. The van der Waals surface area contributed by atoms with Crippen LogP contribution in [0.2, 0.25) is 0 Å². The van der Waals surface area contributed by atoms with Gasteiger partial charge in [0.1, 0.15) is 6.54 Å². The molecule has 0 unspecified atom stereocenters. The maximum absolute atomic E-state index is 12.3. The molecule has 1 saturated carbocycles. The van der Waals surface area contributed by atoms with Crippen LogP contribution in [0.4, 0.5) is 13.2 Å². The van der Waals surface area contributed by atoms with Crippen molar-refractivity contribution in [1.29, 1.82) is 0 Å². The molecule has 1 fully saturated rings. The van der Waals surface area contributed by atoms with Gasteiger partial charge in [0, 0.05) is 12.1 Å². The number of hydrogen-bond donors (Lipinski definition) is 1. The fourth-order valence-corrected chi connectivity index (χ4v) is 1.61. The summed E-state index contributed by atoms with van der Waals surface area (Å²) in [5.74, 6) is 0. The van der Waals surface area contributed by atoms with Gasteiger partial charge in [0.25, 0.3) is 0 Å². The number of nitrogens with one attached hydrogen (secondary N) is 1. The van der Waals surface area contributed by atoms with Crippen molar-refractivity contribution in [1.82, 2.24) is 10.2 Å². The first-order valence-corrected chi connectivity index (χ1v) is 5.34. The fourth-order valence-electron chi connectivity index (χ4n) is 1.17. The lowest BCUT2D eigenvalue weighted by Crippen LogP contribution is -2.48. The van der Waals surface area contributed by atoms with Gasteiger partial charge < -0.3 is 10.2 Å². The van der Waals surface area contributed by atoms with E-state index in [-0.39, 0.29) is 17.2 Å². The molecule has 1 aliphatic rings. The molecule has 6 heteroatoms. The Bertz CT molecular complexity index is 236. The van der Waals surface area contributed by atoms with Crippen LogP contribution in [0.15, 0.2) is 0 Å². The fraction of sp³-hybridized carbons (Fsp3) is 0.889. The van der Waals surface area contributed by atoms with Gasteiger partial charge in [-0.05, 0) is 38.9 Å². The molecule has 0 aromatic rings. The van der Waals surface area contributed by atoms with E-state index in [1.54, 1.807) is 13.8 Å². The van der Waals surface area contributed by atoms with Crippen molar-refractivity contribution in [2.75, 3.05) is 6.54 Å². The first kappa shape index (κ1) is 12.5. The number of thiocarbonyl (C=S) groups is 1. The van der Waals surface area contributed by atoms with E-state index in [4.69, 9.17) is 12.2 Å². The third kappa shape index (κ3) is 4.68. The van der Waals surface area contributed by atoms with E-state index in [1.807, 2.05) is 0 Å².